The van der Waals surface area contributed by atoms with Crippen molar-refractivity contribution < 1.29 is 8.42 Å². The standard InChI is InChI=1S/C16H31N3O2S/c1-3-13(2)18-16(19-15-7-5-4-6-8-15)17-11-14-9-10-22(20,21)12-14/h13-15H,3-12H2,1-2H3,(H2,17,18,19). The van der Waals surface area contributed by atoms with Crippen molar-refractivity contribution in [2.75, 3.05) is 18.1 Å². The molecule has 0 aromatic carbocycles. The molecule has 5 nitrogen and oxygen atoms in total. The third kappa shape index (κ3) is 5.78. The normalized spacial score (nSPS) is 27.5. The summed E-state index contributed by atoms with van der Waals surface area (Å²) in [6.07, 6.45) is 8.13. The Morgan fingerprint density at radius 2 is 1.95 bits per heavy atom. The Morgan fingerprint density at radius 3 is 2.55 bits per heavy atom. The Morgan fingerprint density at radius 1 is 1.23 bits per heavy atom. The van der Waals surface area contributed by atoms with Crippen LogP contribution in [0.15, 0.2) is 4.99 Å². The van der Waals surface area contributed by atoms with Gasteiger partial charge in [-0.2, -0.15) is 0 Å². The molecule has 1 saturated heterocycles. The summed E-state index contributed by atoms with van der Waals surface area (Å²) in [5, 5.41) is 7.00. The number of hydrogen-bond donors (Lipinski definition) is 2. The largest absolute Gasteiger partial charge is 0.354 e. The molecule has 1 aliphatic carbocycles. The van der Waals surface area contributed by atoms with Crippen molar-refractivity contribution in [2.45, 2.75) is 70.9 Å². The number of nitrogens with zero attached hydrogens (tertiary/aromatic N) is 1. The average molecular weight is 330 g/mol. The molecular formula is C16H31N3O2S. The van der Waals surface area contributed by atoms with Gasteiger partial charge in [0.15, 0.2) is 15.8 Å². The number of rotatable bonds is 5. The van der Waals surface area contributed by atoms with Gasteiger partial charge in [-0.1, -0.05) is 26.2 Å². The molecule has 1 heterocycles. The Balaban J connectivity index is 1.91. The first kappa shape index (κ1) is 17.6. The Bertz CT molecular complexity index is 470. The van der Waals surface area contributed by atoms with E-state index in [9.17, 15) is 8.42 Å². The van der Waals surface area contributed by atoms with Gasteiger partial charge in [0.2, 0.25) is 0 Å². The predicted octanol–water partition coefficient (Wildman–Crippen LogP) is 2.09. The molecule has 1 aliphatic heterocycles. The molecule has 0 aromatic rings. The third-order valence-corrected chi connectivity index (χ3v) is 6.61. The van der Waals surface area contributed by atoms with Gasteiger partial charge in [0, 0.05) is 18.6 Å². The molecule has 0 radical (unpaired) electrons. The zero-order chi connectivity index (χ0) is 16.0. The number of nitrogens with one attached hydrogen (secondary N) is 2. The molecule has 2 aliphatic rings. The van der Waals surface area contributed by atoms with E-state index in [2.05, 4.69) is 29.5 Å². The van der Waals surface area contributed by atoms with E-state index in [-0.39, 0.29) is 5.92 Å². The molecule has 2 fully saturated rings. The quantitative estimate of drug-likeness (QED) is 0.598. The monoisotopic (exact) mass is 329 g/mol. The first-order valence-electron chi connectivity index (χ1n) is 8.76. The van der Waals surface area contributed by atoms with E-state index in [4.69, 9.17) is 0 Å². The van der Waals surface area contributed by atoms with Gasteiger partial charge in [0.25, 0.3) is 0 Å². The summed E-state index contributed by atoms with van der Waals surface area (Å²) in [6, 6.07) is 0.888. The summed E-state index contributed by atoms with van der Waals surface area (Å²) in [5.41, 5.74) is 0. The summed E-state index contributed by atoms with van der Waals surface area (Å²) in [7, 11) is -2.81. The molecule has 2 N–H and O–H groups in total. The highest BCUT2D eigenvalue weighted by atomic mass is 32.2. The second-order valence-electron chi connectivity index (χ2n) is 6.89. The van der Waals surface area contributed by atoms with Crippen LogP contribution in [-0.2, 0) is 9.84 Å². The minimum absolute atomic E-state index is 0.187. The van der Waals surface area contributed by atoms with Crippen LogP contribution in [-0.4, -0.2) is 44.5 Å². The van der Waals surface area contributed by atoms with Crippen LogP contribution in [0.3, 0.4) is 0 Å². The van der Waals surface area contributed by atoms with Gasteiger partial charge in [-0.15, -0.1) is 0 Å². The van der Waals surface area contributed by atoms with Crippen molar-refractivity contribution in [1.29, 1.82) is 0 Å². The van der Waals surface area contributed by atoms with Gasteiger partial charge in [0.05, 0.1) is 11.5 Å². The molecule has 2 rings (SSSR count). The van der Waals surface area contributed by atoms with Gasteiger partial charge in [-0.3, -0.25) is 4.99 Å². The topological polar surface area (TPSA) is 70.6 Å². The van der Waals surface area contributed by atoms with Gasteiger partial charge < -0.3 is 10.6 Å². The van der Waals surface area contributed by atoms with Gasteiger partial charge >= 0.3 is 0 Å². The Kier molecular flexibility index (Phi) is 6.53. The zero-order valence-corrected chi connectivity index (χ0v) is 14.8. The molecule has 0 amide bonds. The van der Waals surface area contributed by atoms with Crippen molar-refractivity contribution >= 4 is 15.8 Å². The highest BCUT2D eigenvalue weighted by Gasteiger charge is 2.27. The lowest BCUT2D eigenvalue weighted by molar-refractivity contribution is 0.407. The van der Waals surface area contributed by atoms with E-state index in [0.717, 1.165) is 18.8 Å². The summed E-state index contributed by atoms with van der Waals surface area (Å²) in [5.74, 6) is 1.69. The molecule has 2 atom stereocenters. The Hall–Kier alpha value is -0.780. The second-order valence-corrected chi connectivity index (χ2v) is 9.12. The first-order chi connectivity index (χ1) is 10.5. The van der Waals surface area contributed by atoms with Crippen molar-refractivity contribution in [3.05, 3.63) is 0 Å². The summed E-state index contributed by atoms with van der Waals surface area (Å²) < 4.78 is 23.1. The number of sulfone groups is 1. The van der Waals surface area contributed by atoms with Crippen LogP contribution in [0.2, 0.25) is 0 Å². The lowest BCUT2D eigenvalue weighted by Crippen LogP contribution is -2.47. The third-order valence-electron chi connectivity index (χ3n) is 4.78. The SMILES string of the molecule is CCC(C)NC(=NCC1CCS(=O)(=O)C1)NC1CCCCC1. The van der Waals surface area contributed by atoms with Crippen molar-refractivity contribution in [3.8, 4) is 0 Å². The fraction of sp³-hybridized carbons (Fsp3) is 0.938. The number of aliphatic imine (C=N–C) groups is 1. The van der Waals surface area contributed by atoms with Crippen LogP contribution in [0.4, 0.5) is 0 Å². The fourth-order valence-electron chi connectivity index (χ4n) is 3.15. The predicted molar refractivity (Wildman–Crippen MR) is 92.0 cm³/mol. The van der Waals surface area contributed by atoms with Gasteiger partial charge in [-0.05, 0) is 38.5 Å². The van der Waals surface area contributed by atoms with E-state index in [1.165, 1.54) is 32.1 Å². The molecule has 0 bridgehead atoms. The molecule has 0 spiro atoms. The highest BCUT2D eigenvalue weighted by Crippen LogP contribution is 2.19. The van der Waals surface area contributed by atoms with Gasteiger partial charge in [-0.25, -0.2) is 8.42 Å². The number of hydrogen-bond acceptors (Lipinski definition) is 3. The fourth-order valence-corrected chi connectivity index (χ4v) is 4.99. The first-order valence-corrected chi connectivity index (χ1v) is 10.6. The smallest absolute Gasteiger partial charge is 0.191 e. The van der Waals surface area contributed by atoms with Crippen LogP contribution in [0, 0.1) is 5.92 Å². The molecule has 1 saturated carbocycles. The van der Waals surface area contributed by atoms with E-state index < -0.39 is 9.84 Å². The maximum Gasteiger partial charge on any atom is 0.191 e. The van der Waals surface area contributed by atoms with E-state index >= 15 is 0 Å². The molecule has 2 unspecified atom stereocenters. The molecule has 0 aromatic heterocycles. The Labute approximate surface area is 135 Å². The maximum absolute atomic E-state index is 11.5. The van der Waals surface area contributed by atoms with Crippen molar-refractivity contribution in [3.63, 3.8) is 0 Å². The van der Waals surface area contributed by atoms with Crippen molar-refractivity contribution in [2.24, 2.45) is 10.9 Å². The second kappa shape index (κ2) is 8.18. The van der Waals surface area contributed by atoms with E-state index in [1.807, 2.05) is 0 Å². The lowest BCUT2D eigenvalue weighted by atomic mass is 9.96. The lowest BCUT2D eigenvalue weighted by Gasteiger charge is -2.26. The minimum Gasteiger partial charge on any atom is -0.354 e. The highest BCUT2D eigenvalue weighted by molar-refractivity contribution is 7.91. The molecule has 22 heavy (non-hydrogen) atoms. The van der Waals surface area contributed by atoms with Gasteiger partial charge in [0.1, 0.15) is 0 Å². The minimum atomic E-state index is -2.81. The van der Waals surface area contributed by atoms with Crippen LogP contribution in [0.25, 0.3) is 0 Å². The van der Waals surface area contributed by atoms with E-state index in [0.29, 0.717) is 30.1 Å². The maximum atomic E-state index is 11.5. The molecule has 128 valence electrons. The van der Waals surface area contributed by atoms with Crippen molar-refractivity contribution in [1.82, 2.24) is 10.6 Å². The molecular weight excluding hydrogens is 298 g/mol. The summed E-state index contributed by atoms with van der Waals surface area (Å²) in [6.45, 7) is 4.91. The van der Waals surface area contributed by atoms with Crippen LogP contribution in [0.5, 0.6) is 0 Å². The van der Waals surface area contributed by atoms with E-state index in [1.54, 1.807) is 0 Å². The summed E-state index contributed by atoms with van der Waals surface area (Å²) >= 11 is 0. The summed E-state index contributed by atoms with van der Waals surface area (Å²) in [4.78, 5) is 4.68. The number of guanidine groups is 1. The zero-order valence-electron chi connectivity index (χ0n) is 14.0. The average Bonchev–Trinajstić information content (AvgIpc) is 2.85. The van der Waals surface area contributed by atoms with Crippen LogP contribution >= 0.6 is 0 Å². The van der Waals surface area contributed by atoms with Crippen LogP contribution < -0.4 is 10.6 Å². The molecule has 6 heteroatoms. The van der Waals surface area contributed by atoms with Crippen LogP contribution in [0.1, 0.15) is 58.8 Å².